The number of aryl methyl sites for hydroxylation is 1. The van der Waals surface area contributed by atoms with E-state index >= 15 is 0 Å². The monoisotopic (exact) mass is 262 g/mol. The molecule has 1 aliphatic rings. The first-order valence-electron chi connectivity index (χ1n) is 7.27. The Morgan fingerprint density at radius 1 is 1.37 bits per heavy atom. The molecule has 1 fully saturated rings. The zero-order valence-electron chi connectivity index (χ0n) is 12.4. The minimum atomic E-state index is 0.342. The number of benzene rings is 1. The van der Waals surface area contributed by atoms with Gasteiger partial charge in [-0.1, -0.05) is 25.5 Å². The summed E-state index contributed by atoms with van der Waals surface area (Å²) in [5, 5.41) is 0. The zero-order valence-corrected chi connectivity index (χ0v) is 12.4. The van der Waals surface area contributed by atoms with Crippen molar-refractivity contribution < 1.29 is 4.74 Å². The Morgan fingerprint density at radius 3 is 2.74 bits per heavy atom. The van der Waals surface area contributed by atoms with Crippen molar-refractivity contribution in [2.45, 2.75) is 51.2 Å². The van der Waals surface area contributed by atoms with Gasteiger partial charge in [0, 0.05) is 18.6 Å². The van der Waals surface area contributed by atoms with Gasteiger partial charge in [-0.3, -0.25) is 4.90 Å². The van der Waals surface area contributed by atoms with Gasteiger partial charge in [-0.25, -0.2) is 0 Å². The molecule has 3 nitrogen and oxygen atoms in total. The SMILES string of the molecule is CCc1cc(CN(C)C2CCCC2N)ccc1OC. The largest absolute Gasteiger partial charge is 0.496 e. The highest BCUT2D eigenvalue weighted by atomic mass is 16.5. The maximum atomic E-state index is 6.17. The van der Waals surface area contributed by atoms with Crippen LogP contribution in [0.5, 0.6) is 5.75 Å². The smallest absolute Gasteiger partial charge is 0.122 e. The Hall–Kier alpha value is -1.06. The quantitative estimate of drug-likeness (QED) is 0.886. The van der Waals surface area contributed by atoms with Crippen LogP contribution in [-0.2, 0) is 13.0 Å². The average molecular weight is 262 g/mol. The van der Waals surface area contributed by atoms with Crippen LogP contribution >= 0.6 is 0 Å². The van der Waals surface area contributed by atoms with Crippen LogP contribution in [0.3, 0.4) is 0 Å². The van der Waals surface area contributed by atoms with Crippen LogP contribution in [0, 0.1) is 0 Å². The van der Waals surface area contributed by atoms with Crippen LogP contribution in [0.1, 0.15) is 37.3 Å². The molecule has 2 rings (SSSR count). The van der Waals surface area contributed by atoms with E-state index in [9.17, 15) is 0 Å². The van der Waals surface area contributed by atoms with E-state index in [0.717, 1.165) is 25.1 Å². The van der Waals surface area contributed by atoms with E-state index in [1.165, 1.54) is 24.0 Å². The van der Waals surface area contributed by atoms with Crippen molar-refractivity contribution in [1.82, 2.24) is 4.90 Å². The van der Waals surface area contributed by atoms with E-state index < -0.39 is 0 Å². The maximum Gasteiger partial charge on any atom is 0.122 e. The lowest BCUT2D eigenvalue weighted by Gasteiger charge is -2.28. The predicted molar refractivity (Wildman–Crippen MR) is 79.5 cm³/mol. The molecule has 2 N–H and O–H groups in total. The van der Waals surface area contributed by atoms with Gasteiger partial charge in [0.25, 0.3) is 0 Å². The Morgan fingerprint density at radius 2 is 2.16 bits per heavy atom. The highest BCUT2D eigenvalue weighted by Gasteiger charge is 2.27. The fourth-order valence-corrected chi connectivity index (χ4v) is 3.13. The third-order valence-electron chi connectivity index (χ3n) is 4.26. The molecule has 1 saturated carbocycles. The van der Waals surface area contributed by atoms with Crippen LogP contribution in [0.15, 0.2) is 18.2 Å². The van der Waals surface area contributed by atoms with E-state index in [4.69, 9.17) is 10.5 Å². The summed E-state index contributed by atoms with van der Waals surface area (Å²) in [6, 6.07) is 7.38. The Balaban J connectivity index is 2.06. The summed E-state index contributed by atoms with van der Waals surface area (Å²) >= 11 is 0. The molecule has 2 unspecified atom stereocenters. The summed E-state index contributed by atoms with van der Waals surface area (Å²) in [6.45, 7) is 3.13. The van der Waals surface area contributed by atoms with Crippen LogP contribution in [0.4, 0.5) is 0 Å². The summed E-state index contributed by atoms with van der Waals surface area (Å²) < 4.78 is 5.38. The van der Waals surface area contributed by atoms with Gasteiger partial charge < -0.3 is 10.5 Å². The van der Waals surface area contributed by atoms with Crippen molar-refractivity contribution in [2.24, 2.45) is 5.73 Å². The van der Waals surface area contributed by atoms with E-state index in [1.54, 1.807) is 7.11 Å². The summed E-state index contributed by atoms with van der Waals surface area (Å²) in [5.41, 5.74) is 8.80. The Labute approximate surface area is 116 Å². The lowest BCUT2D eigenvalue weighted by molar-refractivity contribution is 0.220. The topological polar surface area (TPSA) is 38.5 Å². The predicted octanol–water partition coefficient (Wildman–Crippen LogP) is 2.57. The first-order chi connectivity index (χ1) is 9.15. The number of hydrogen-bond acceptors (Lipinski definition) is 3. The number of nitrogens with zero attached hydrogens (tertiary/aromatic N) is 1. The molecule has 3 heteroatoms. The molecule has 1 aliphatic carbocycles. The normalized spacial score (nSPS) is 23.0. The van der Waals surface area contributed by atoms with E-state index in [-0.39, 0.29) is 0 Å². The molecule has 0 aromatic heterocycles. The van der Waals surface area contributed by atoms with Gasteiger partial charge in [0.2, 0.25) is 0 Å². The molecule has 0 spiro atoms. The fourth-order valence-electron chi connectivity index (χ4n) is 3.13. The number of ether oxygens (including phenoxy) is 1. The average Bonchev–Trinajstić information content (AvgIpc) is 2.85. The van der Waals surface area contributed by atoms with Gasteiger partial charge in [-0.05, 0) is 43.5 Å². The molecule has 0 amide bonds. The number of hydrogen-bond donors (Lipinski definition) is 1. The molecule has 19 heavy (non-hydrogen) atoms. The van der Waals surface area contributed by atoms with Gasteiger partial charge >= 0.3 is 0 Å². The first-order valence-corrected chi connectivity index (χ1v) is 7.27. The first kappa shape index (κ1) is 14.4. The molecular formula is C16H26N2O. The third-order valence-corrected chi connectivity index (χ3v) is 4.26. The highest BCUT2D eigenvalue weighted by Crippen LogP contribution is 2.25. The molecule has 0 heterocycles. The van der Waals surface area contributed by atoms with Crippen LogP contribution in [0.2, 0.25) is 0 Å². The van der Waals surface area contributed by atoms with Gasteiger partial charge in [-0.2, -0.15) is 0 Å². The minimum Gasteiger partial charge on any atom is -0.496 e. The molecule has 0 saturated heterocycles. The van der Waals surface area contributed by atoms with Crippen molar-refractivity contribution in [3.8, 4) is 5.75 Å². The van der Waals surface area contributed by atoms with Gasteiger partial charge in [0.05, 0.1) is 7.11 Å². The second-order valence-corrected chi connectivity index (χ2v) is 5.58. The van der Waals surface area contributed by atoms with Crippen molar-refractivity contribution in [3.63, 3.8) is 0 Å². The molecule has 1 aromatic rings. The van der Waals surface area contributed by atoms with E-state index in [1.807, 2.05) is 0 Å². The Kier molecular flexibility index (Phi) is 4.83. The summed E-state index contributed by atoms with van der Waals surface area (Å²) in [6.07, 6.45) is 4.66. The van der Waals surface area contributed by atoms with Crippen LogP contribution in [0.25, 0.3) is 0 Å². The Bertz CT molecular complexity index is 419. The summed E-state index contributed by atoms with van der Waals surface area (Å²) in [5.74, 6) is 0.992. The van der Waals surface area contributed by atoms with Crippen molar-refractivity contribution in [2.75, 3.05) is 14.2 Å². The van der Waals surface area contributed by atoms with Crippen molar-refractivity contribution in [1.29, 1.82) is 0 Å². The maximum absolute atomic E-state index is 6.17. The molecule has 106 valence electrons. The zero-order chi connectivity index (χ0) is 13.8. The number of likely N-dealkylation sites (N-methyl/N-ethyl adjacent to an activating group) is 1. The van der Waals surface area contributed by atoms with E-state index in [2.05, 4.69) is 37.1 Å². The van der Waals surface area contributed by atoms with Crippen molar-refractivity contribution in [3.05, 3.63) is 29.3 Å². The molecule has 0 radical (unpaired) electrons. The fraction of sp³-hybridized carbons (Fsp3) is 0.625. The number of rotatable bonds is 5. The van der Waals surface area contributed by atoms with Gasteiger partial charge in [-0.15, -0.1) is 0 Å². The number of nitrogens with two attached hydrogens (primary N) is 1. The lowest BCUT2D eigenvalue weighted by Crippen LogP contribution is -2.41. The van der Waals surface area contributed by atoms with Crippen LogP contribution in [-0.4, -0.2) is 31.1 Å². The van der Waals surface area contributed by atoms with Gasteiger partial charge in [0.1, 0.15) is 5.75 Å². The molecule has 0 aliphatic heterocycles. The molecule has 0 bridgehead atoms. The second kappa shape index (κ2) is 6.40. The molecule has 2 atom stereocenters. The molecular weight excluding hydrogens is 236 g/mol. The third kappa shape index (κ3) is 3.28. The minimum absolute atomic E-state index is 0.342. The molecule has 1 aromatic carbocycles. The standard InChI is InChI=1S/C16H26N2O/c1-4-13-10-12(8-9-16(13)19-3)11-18(2)15-7-5-6-14(15)17/h8-10,14-15H,4-7,11,17H2,1-3H3. The van der Waals surface area contributed by atoms with Crippen molar-refractivity contribution >= 4 is 0 Å². The lowest BCUT2D eigenvalue weighted by atomic mass is 10.1. The van der Waals surface area contributed by atoms with E-state index in [0.29, 0.717) is 12.1 Å². The summed E-state index contributed by atoms with van der Waals surface area (Å²) in [7, 11) is 3.92. The second-order valence-electron chi connectivity index (χ2n) is 5.58. The summed E-state index contributed by atoms with van der Waals surface area (Å²) in [4.78, 5) is 2.40. The van der Waals surface area contributed by atoms with Gasteiger partial charge in [0.15, 0.2) is 0 Å². The van der Waals surface area contributed by atoms with Crippen LogP contribution < -0.4 is 10.5 Å². The highest BCUT2D eigenvalue weighted by molar-refractivity contribution is 5.37. The number of methoxy groups -OCH3 is 1.